The summed E-state index contributed by atoms with van der Waals surface area (Å²) in [6.45, 7) is 10.5. The van der Waals surface area contributed by atoms with E-state index in [-0.39, 0.29) is 34.1 Å². The number of hydrogen-bond donors (Lipinski definition) is 2. The van der Waals surface area contributed by atoms with Gasteiger partial charge in [0, 0.05) is 22.2 Å². The standard InChI is InChI=1S/C24H26Cl3N5O4/c1-12(2)22(34)36-8-6-7-13-11-28-30-18(13)17-20(29-23(35)24(3,4)5)31-32(21(17)33)19-15(26)9-14(25)10-16(19)27/h9-11,17H,1,6-8H2,2-5H3,(H,28,30)(H,29,31,35). The number of anilines is 1. The smallest absolute Gasteiger partial charge is 0.333 e. The summed E-state index contributed by atoms with van der Waals surface area (Å²) in [6.07, 6.45) is 2.57. The van der Waals surface area contributed by atoms with E-state index in [2.05, 4.69) is 27.2 Å². The number of esters is 1. The topological polar surface area (TPSA) is 117 Å². The van der Waals surface area contributed by atoms with E-state index in [9.17, 15) is 14.4 Å². The Balaban J connectivity index is 1.93. The van der Waals surface area contributed by atoms with Gasteiger partial charge in [0.1, 0.15) is 17.4 Å². The monoisotopic (exact) mass is 553 g/mol. The number of rotatable bonds is 7. The lowest BCUT2D eigenvalue weighted by molar-refractivity contribution is -0.139. The van der Waals surface area contributed by atoms with Gasteiger partial charge in [-0.3, -0.25) is 14.7 Å². The molecule has 2 N–H and O–H groups in total. The minimum atomic E-state index is -1.03. The maximum absolute atomic E-state index is 13.7. The predicted molar refractivity (Wildman–Crippen MR) is 139 cm³/mol. The number of benzene rings is 1. The third-order valence-electron chi connectivity index (χ3n) is 5.25. The largest absolute Gasteiger partial charge is 0.462 e. The number of aromatic amines is 1. The van der Waals surface area contributed by atoms with E-state index >= 15 is 0 Å². The number of nitrogens with zero attached hydrogens (tertiary/aromatic N) is 3. The van der Waals surface area contributed by atoms with E-state index < -0.39 is 23.2 Å². The Morgan fingerprint density at radius 2 is 1.86 bits per heavy atom. The van der Waals surface area contributed by atoms with Crippen LogP contribution in [0, 0.1) is 5.41 Å². The van der Waals surface area contributed by atoms with Crippen LogP contribution in [0.15, 0.2) is 35.6 Å². The molecule has 1 aliphatic heterocycles. The van der Waals surface area contributed by atoms with E-state index in [1.165, 1.54) is 12.1 Å². The van der Waals surface area contributed by atoms with Gasteiger partial charge in [-0.05, 0) is 37.5 Å². The Bertz CT molecular complexity index is 1230. The molecule has 0 fully saturated rings. The van der Waals surface area contributed by atoms with Gasteiger partial charge >= 0.3 is 5.97 Å². The van der Waals surface area contributed by atoms with Gasteiger partial charge in [-0.1, -0.05) is 62.2 Å². The Morgan fingerprint density at radius 3 is 2.44 bits per heavy atom. The second-order valence-electron chi connectivity index (χ2n) is 9.31. The molecule has 0 saturated carbocycles. The zero-order chi connectivity index (χ0) is 26.8. The summed E-state index contributed by atoms with van der Waals surface area (Å²) in [5.41, 5.74) is 0.781. The predicted octanol–water partition coefficient (Wildman–Crippen LogP) is 5.03. The number of H-pyrrole nitrogens is 1. The van der Waals surface area contributed by atoms with Crippen LogP contribution < -0.4 is 10.3 Å². The Labute approximate surface area is 223 Å². The molecule has 192 valence electrons. The van der Waals surface area contributed by atoms with Crippen LogP contribution in [0.3, 0.4) is 0 Å². The third kappa shape index (κ3) is 6.08. The van der Waals surface area contributed by atoms with Crippen molar-refractivity contribution in [3.63, 3.8) is 0 Å². The van der Waals surface area contributed by atoms with Crippen LogP contribution in [-0.4, -0.2) is 40.4 Å². The normalized spacial score (nSPS) is 15.6. The molecule has 2 heterocycles. The first-order chi connectivity index (χ1) is 16.8. The summed E-state index contributed by atoms with van der Waals surface area (Å²) in [4.78, 5) is 38.1. The average molecular weight is 555 g/mol. The molecule has 1 aromatic heterocycles. The zero-order valence-corrected chi connectivity index (χ0v) is 22.5. The minimum absolute atomic E-state index is 0.0871. The van der Waals surface area contributed by atoms with E-state index in [1.807, 2.05) is 0 Å². The van der Waals surface area contributed by atoms with Gasteiger partial charge < -0.3 is 10.1 Å². The van der Waals surface area contributed by atoms with E-state index in [0.717, 1.165) is 5.01 Å². The Hall–Kier alpha value is -2.88. The third-order valence-corrected chi connectivity index (χ3v) is 6.05. The van der Waals surface area contributed by atoms with Gasteiger partial charge in [0.15, 0.2) is 0 Å². The maximum atomic E-state index is 13.7. The molecule has 0 aliphatic carbocycles. The molecule has 12 heteroatoms. The van der Waals surface area contributed by atoms with E-state index in [1.54, 1.807) is 33.9 Å². The summed E-state index contributed by atoms with van der Waals surface area (Å²) in [5, 5.41) is 15.8. The van der Waals surface area contributed by atoms with Crippen LogP contribution in [-0.2, 0) is 25.5 Å². The molecule has 0 bridgehead atoms. The average Bonchev–Trinajstić information content (AvgIpc) is 3.33. The summed E-state index contributed by atoms with van der Waals surface area (Å²) in [6, 6.07) is 2.89. The van der Waals surface area contributed by atoms with Crippen molar-refractivity contribution in [3.05, 3.63) is 56.8 Å². The molecular formula is C24H26Cl3N5O4. The zero-order valence-electron chi connectivity index (χ0n) is 20.2. The number of nitrogens with one attached hydrogen (secondary N) is 2. The van der Waals surface area contributed by atoms with Gasteiger partial charge in [0.05, 0.1) is 22.3 Å². The van der Waals surface area contributed by atoms with Crippen LogP contribution >= 0.6 is 34.8 Å². The van der Waals surface area contributed by atoms with Crippen LogP contribution in [0.25, 0.3) is 0 Å². The lowest BCUT2D eigenvalue weighted by Gasteiger charge is -2.19. The van der Waals surface area contributed by atoms with Gasteiger partial charge in [-0.2, -0.15) is 15.2 Å². The number of amides is 2. The minimum Gasteiger partial charge on any atom is -0.462 e. The lowest BCUT2D eigenvalue weighted by Crippen LogP contribution is -2.41. The molecule has 0 saturated heterocycles. The van der Waals surface area contributed by atoms with Crippen molar-refractivity contribution in [3.8, 4) is 0 Å². The molecule has 1 aromatic carbocycles. The van der Waals surface area contributed by atoms with Gasteiger partial charge in [0.2, 0.25) is 5.91 Å². The highest BCUT2D eigenvalue weighted by atomic mass is 35.5. The van der Waals surface area contributed by atoms with Crippen LogP contribution in [0.1, 0.15) is 51.3 Å². The fourth-order valence-electron chi connectivity index (χ4n) is 3.32. The molecule has 1 aliphatic rings. The number of hydrazone groups is 1. The molecular weight excluding hydrogens is 529 g/mol. The fourth-order valence-corrected chi connectivity index (χ4v) is 4.30. The van der Waals surface area contributed by atoms with Crippen LogP contribution in [0.2, 0.25) is 15.1 Å². The molecule has 0 spiro atoms. The molecule has 9 nitrogen and oxygen atoms in total. The number of aryl methyl sites for hydroxylation is 1. The number of amidine groups is 1. The van der Waals surface area contributed by atoms with Gasteiger partial charge in [-0.15, -0.1) is 0 Å². The number of carbonyl (C=O) groups is 3. The highest BCUT2D eigenvalue weighted by molar-refractivity contribution is 6.43. The first-order valence-electron chi connectivity index (χ1n) is 11.0. The molecule has 2 amide bonds. The first-order valence-corrected chi connectivity index (χ1v) is 12.2. The van der Waals surface area contributed by atoms with Crippen molar-refractivity contribution in [1.29, 1.82) is 0 Å². The molecule has 2 aromatic rings. The lowest BCUT2D eigenvalue weighted by atomic mass is 9.94. The highest BCUT2D eigenvalue weighted by Crippen LogP contribution is 2.40. The van der Waals surface area contributed by atoms with Crippen molar-refractivity contribution in [2.75, 3.05) is 11.6 Å². The number of halogens is 3. The van der Waals surface area contributed by atoms with Crippen molar-refractivity contribution >= 4 is 64.1 Å². The maximum Gasteiger partial charge on any atom is 0.333 e. The van der Waals surface area contributed by atoms with Crippen LogP contribution in [0.4, 0.5) is 5.69 Å². The highest BCUT2D eigenvalue weighted by Gasteiger charge is 2.43. The van der Waals surface area contributed by atoms with Crippen molar-refractivity contribution in [2.24, 2.45) is 10.5 Å². The molecule has 3 rings (SSSR count). The molecule has 36 heavy (non-hydrogen) atoms. The Kier molecular flexibility index (Phi) is 8.48. The van der Waals surface area contributed by atoms with Crippen molar-refractivity contribution < 1.29 is 19.1 Å². The number of carbonyl (C=O) groups excluding carboxylic acids is 3. The summed E-state index contributed by atoms with van der Waals surface area (Å²) < 4.78 is 5.15. The summed E-state index contributed by atoms with van der Waals surface area (Å²) in [5.74, 6) is -2.26. The summed E-state index contributed by atoms with van der Waals surface area (Å²) in [7, 11) is 0. The number of hydrogen-bond acceptors (Lipinski definition) is 6. The fraction of sp³-hybridized carbons (Fsp3) is 0.375. The van der Waals surface area contributed by atoms with Gasteiger partial charge in [0.25, 0.3) is 5.91 Å². The number of ether oxygens (including phenoxy) is 1. The SMILES string of the molecule is C=C(C)C(=O)OCCCc1c[nH]nc1C1C(=O)N(c2c(Cl)cc(Cl)cc2Cl)N=C1NC(=O)C(C)(C)C. The van der Waals surface area contributed by atoms with E-state index in [0.29, 0.717) is 34.7 Å². The second kappa shape index (κ2) is 11.0. The van der Waals surface area contributed by atoms with Crippen molar-refractivity contribution in [1.82, 2.24) is 15.5 Å². The second-order valence-corrected chi connectivity index (χ2v) is 10.6. The first kappa shape index (κ1) is 27.7. The quantitative estimate of drug-likeness (QED) is 0.283. The molecule has 1 atom stereocenters. The van der Waals surface area contributed by atoms with Crippen molar-refractivity contribution in [2.45, 2.75) is 46.5 Å². The Morgan fingerprint density at radius 1 is 1.22 bits per heavy atom. The van der Waals surface area contributed by atoms with E-state index in [4.69, 9.17) is 39.5 Å². The van der Waals surface area contributed by atoms with Gasteiger partial charge in [-0.25, -0.2) is 4.79 Å². The molecule has 0 radical (unpaired) electrons. The number of aromatic nitrogens is 2. The molecule has 1 unspecified atom stereocenters. The summed E-state index contributed by atoms with van der Waals surface area (Å²) >= 11 is 18.7. The van der Waals surface area contributed by atoms with Crippen LogP contribution in [0.5, 0.6) is 0 Å².